The highest BCUT2D eigenvalue weighted by Crippen LogP contribution is 2.40. The van der Waals surface area contributed by atoms with Gasteiger partial charge in [-0.1, -0.05) is 49.4 Å². The largest absolute Gasteiger partial charge is 0.455 e. The van der Waals surface area contributed by atoms with Gasteiger partial charge < -0.3 is 15.1 Å². The van der Waals surface area contributed by atoms with Gasteiger partial charge in [-0.3, -0.25) is 14.3 Å². The monoisotopic (exact) mass is 641 g/mol. The van der Waals surface area contributed by atoms with Crippen molar-refractivity contribution < 1.29 is 26.8 Å². The van der Waals surface area contributed by atoms with Crippen LogP contribution in [0.15, 0.2) is 95.4 Å². The zero-order valence-corrected chi connectivity index (χ0v) is 27.1. The molecule has 0 saturated carbocycles. The van der Waals surface area contributed by atoms with Gasteiger partial charge in [-0.25, -0.2) is 12.8 Å². The van der Waals surface area contributed by atoms with E-state index in [0.717, 1.165) is 5.56 Å². The Bertz CT molecular complexity index is 2020. The quantitative estimate of drug-likeness (QED) is 0.146. The zero-order chi connectivity index (χ0) is 33.2. The van der Waals surface area contributed by atoms with Gasteiger partial charge in [-0.2, -0.15) is 0 Å². The van der Waals surface area contributed by atoms with Crippen LogP contribution in [0.5, 0.6) is 0 Å². The van der Waals surface area contributed by atoms with E-state index >= 15 is 0 Å². The summed E-state index contributed by atoms with van der Waals surface area (Å²) in [6.45, 7) is 7.22. The summed E-state index contributed by atoms with van der Waals surface area (Å²) in [6, 6.07) is 25.2. The number of carbonyl (C=O) groups is 2. The number of amides is 2. The van der Waals surface area contributed by atoms with Crippen LogP contribution in [0.4, 0.5) is 10.1 Å². The minimum Gasteiger partial charge on any atom is -0.455 e. The van der Waals surface area contributed by atoms with Crippen molar-refractivity contribution in [2.24, 2.45) is 0 Å². The highest BCUT2D eigenvalue weighted by molar-refractivity contribution is 7.93. The first-order valence-electron chi connectivity index (χ1n) is 14.9. The summed E-state index contributed by atoms with van der Waals surface area (Å²) in [4.78, 5) is 26.7. The van der Waals surface area contributed by atoms with E-state index in [1.54, 1.807) is 44.2 Å². The van der Waals surface area contributed by atoms with Crippen LogP contribution in [0.2, 0.25) is 0 Å². The van der Waals surface area contributed by atoms with Crippen LogP contribution in [0, 0.1) is 5.82 Å². The van der Waals surface area contributed by atoms with Crippen LogP contribution in [-0.4, -0.2) is 32.5 Å². The molecule has 1 unspecified atom stereocenters. The van der Waals surface area contributed by atoms with E-state index in [9.17, 15) is 22.4 Å². The van der Waals surface area contributed by atoms with Crippen molar-refractivity contribution in [1.29, 1.82) is 0 Å². The van der Waals surface area contributed by atoms with E-state index in [1.807, 2.05) is 44.2 Å². The number of fused-ring (bicyclic) bond motifs is 1. The average Bonchev–Trinajstić information content (AvgIpc) is 3.42. The molecule has 0 radical (unpaired) electrons. The molecule has 1 heterocycles. The van der Waals surface area contributed by atoms with Crippen molar-refractivity contribution in [2.45, 2.75) is 44.9 Å². The van der Waals surface area contributed by atoms with Crippen LogP contribution in [0.25, 0.3) is 33.4 Å². The van der Waals surface area contributed by atoms with Gasteiger partial charge in [0.25, 0.3) is 11.8 Å². The molecule has 4 aromatic carbocycles. The fourth-order valence-electron chi connectivity index (χ4n) is 5.21. The first-order valence-corrected chi connectivity index (χ1v) is 16.5. The van der Waals surface area contributed by atoms with Gasteiger partial charge >= 0.3 is 0 Å². The molecule has 3 N–H and O–H groups in total. The number of benzene rings is 4. The van der Waals surface area contributed by atoms with E-state index in [2.05, 4.69) is 15.4 Å². The molecule has 0 bridgehead atoms. The highest BCUT2D eigenvalue weighted by Gasteiger charge is 2.27. The van der Waals surface area contributed by atoms with Crippen LogP contribution in [0.1, 0.15) is 60.4 Å². The molecule has 5 rings (SSSR count). The maximum Gasteiger partial charge on any atom is 0.255 e. The van der Waals surface area contributed by atoms with Gasteiger partial charge in [0.15, 0.2) is 0 Å². The Kier molecular flexibility index (Phi) is 9.03. The van der Waals surface area contributed by atoms with Gasteiger partial charge in [0.05, 0.1) is 22.0 Å². The molecule has 0 spiro atoms. The second-order valence-corrected chi connectivity index (χ2v) is 13.8. The minimum atomic E-state index is -3.82. The molecule has 0 aliphatic carbocycles. The Balaban J connectivity index is 1.67. The molecule has 0 aliphatic heterocycles. The molecular formula is C36H36FN3O5S. The fraction of sp³-hybridized carbons (Fsp3) is 0.222. The van der Waals surface area contributed by atoms with Crippen molar-refractivity contribution >= 4 is 38.5 Å². The van der Waals surface area contributed by atoms with Crippen LogP contribution >= 0.6 is 0 Å². The summed E-state index contributed by atoms with van der Waals surface area (Å²) in [5, 5.41) is 5.45. The van der Waals surface area contributed by atoms with Crippen LogP contribution < -0.4 is 15.4 Å². The number of furan rings is 1. The maximum atomic E-state index is 13.7. The summed E-state index contributed by atoms with van der Waals surface area (Å²) in [5.41, 5.74) is 2.77. The molecule has 10 heteroatoms. The average molecular weight is 642 g/mol. The summed E-state index contributed by atoms with van der Waals surface area (Å²) < 4.78 is 49.2. The summed E-state index contributed by atoms with van der Waals surface area (Å²) in [7, 11) is -2.33. The van der Waals surface area contributed by atoms with Crippen molar-refractivity contribution in [3.63, 3.8) is 0 Å². The van der Waals surface area contributed by atoms with E-state index in [0.29, 0.717) is 34.1 Å². The zero-order valence-electron chi connectivity index (χ0n) is 26.3. The second-order valence-electron chi connectivity index (χ2n) is 11.7. The third kappa shape index (κ3) is 6.53. The lowest BCUT2D eigenvalue weighted by atomic mass is 9.93. The Morgan fingerprint density at radius 2 is 1.59 bits per heavy atom. The van der Waals surface area contributed by atoms with Crippen molar-refractivity contribution in [1.82, 2.24) is 10.6 Å². The van der Waals surface area contributed by atoms with Crippen LogP contribution in [0.3, 0.4) is 0 Å². The van der Waals surface area contributed by atoms with E-state index < -0.39 is 32.5 Å². The number of hydrogen-bond acceptors (Lipinski definition) is 5. The van der Waals surface area contributed by atoms with Gasteiger partial charge in [0.1, 0.15) is 17.2 Å². The maximum absolute atomic E-state index is 13.7. The first-order chi connectivity index (χ1) is 21.8. The lowest BCUT2D eigenvalue weighted by Gasteiger charge is -2.27. The summed E-state index contributed by atoms with van der Waals surface area (Å²) in [6.07, 6.45) is 0.385. The van der Waals surface area contributed by atoms with E-state index in [4.69, 9.17) is 4.42 Å². The molecule has 0 aliphatic rings. The molecule has 1 aromatic heterocycles. The van der Waals surface area contributed by atoms with Gasteiger partial charge in [-0.15, -0.1) is 0 Å². The normalized spacial score (nSPS) is 12.5. The number of halogens is 1. The fourth-order valence-corrected chi connectivity index (χ4v) is 6.32. The summed E-state index contributed by atoms with van der Waals surface area (Å²) in [5.74, 6) is -0.986. The predicted octanol–water partition coefficient (Wildman–Crippen LogP) is 7.47. The number of hydrogen-bond donors (Lipinski definition) is 3. The Morgan fingerprint density at radius 3 is 2.24 bits per heavy atom. The lowest BCUT2D eigenvalue weighted by molar-refractivity contribution is 0.0910. The van der Waals surface area contributed by atoms with Gasteiger partial charge in [0.2, 0.25) is 10.0 Å². The number of rotatable bonds is 10. The molecule has 0 fully saturated rings. The number of carbonyl (C=O) groups excluding carboxylic acids is 2. The van der Waals surface area contributed by atoms with Crippen molar-refractivity contribution in [3.05, 3.63) is 114 Å². The highest BCUT2D eigenvalue weighted by atomic mass is 32.2. The minimum absolute atomic E-state index is 0.207. The number of sulfonamides is 1. The lowest BCUT2D eigenvalue weighted by Crippen LogP contribution is -2.40. The Morgan fingerprint density at radius 1 is 0.891 bits per heavy atom. The van der Waals surface area contributed by atoms with E-state index in [-0.39, 0.29) is 28.5 Å². The smallest absolute Gasteiger partial charge is 0.255 e. The predicted molar refractivity (Wildman–Crippen MR) is 180 cm³/mol. The topological polar surface area (TPSA) is 118 Å². The molecule has 1 atom stereocenters. The standard InChI is InChI=1S/C36H36FN3O5S/c1-6-22(2)46(43,44)40-30-21-31-29(32(35(42)38-5)33(45-31)23-15-17-27(37)18-16-23)20-28(30)24-11-10-12-25(19-24)34(41)39-36(3,4)26-13-8-7-9-14-26/h7-22,40H,6H2,1-5H3,(H,38,42)(H,39,41). The van der Waals surface area contributed by atoms with Crippen LogP contribution in [-0.2, 0) is 15.6 Å². The SMILES string of the molecule is CCC(C)S(=O)(=O)Nc1cc2oc(-c3ccc(F)cc3)c(C(=O)NC)c2cc1-c1cccc(C(=O)NC(C)(C)c2ccccc2)c1. The Labute approximate surface area is 268 Å². The second kappa shape index (κ2) is 12.8. The third-order valence-corrected chi connectivity index (χ3v) is 10.0. The van der Waals surface area contributed by atoms with E-state index in [1.165, 1.54) is 37.4 Å². The molecule has 5 aromatic rings. The molecule has 8 nitrogen and oxygen atoms in total. The van der Waals surface area contributed by atoms with Gasteiger partial charge in [0, 0.05) is 35.2 Å². The van der Waals surface area contributed by atoms with Crippen molar-refractivity contribution in [2.75, 3.05) is 11.8 Å². The number of anilines is 1. The van der Waals surface area contributed by atoms with Crippen molar-refractivity contribution in [3.8, 4) is 22.5 Å². The summed E-state index contributed by atoms with van der Waals surface area (Å²) >= 11 is 0. The van der Waals surface area contributed by atoms with Gasteiger partial charge in [-0.05, 0) is 80.8 Å². The molecule has 2 amide bonds. The molecule has 46 heavy (non-hydrogen) atoms. The Hall–Kier alpha value is -4.96. The molecule has 238 valence electrons. The third-order valence-electron chi connectivity index (χ3n) is 8.10. The molecule has 0 saturated heterocycles. The molecular weight excluding hydrogens is 605 g/mol. The first kappa shape index (κ1) is 32.4. The number of nitrogens with one attached hydrogen (secondary N) is 3.